The first kappa shape index (κ1) is 15.5. The molecule has 2 aromatic rings. The minimum atomic E-state index is 0.0824. The zero-order valence-electron chi connectivity index (χ0n) is 13.9. The molecule has 1 amide bonds. The number of likely N-dealkylation sites (N-methyl/N-ethyl adjacent to an activating group) is 1. The maximum atomic E-state index is 12.4. The largest absolute Gasteiger partial charge is 0.361 e. The zero-order chi connectivity index (χ0) is 16.6. The van der Waals surface area contributed by atoms with Gasteiger partial charge in [0.15, 0.2) is 5.82 Å². The normalized spacial score (nSPS) is 14.7. The summed E-state index contributed by atoms with van der Waals surface area (Å²) in [5, 5.41) is 12.1. The summed E-state index contributed by atoms with van der Waals surface area (Å²) in [7, 11) is 1.85. The van der Waals surface area contributed by atoms with Crippen molar-refractivity contribution in [3.8, 4) is 0 Å². The maximum absolute atomic E-state index is 12.4. The highest BCUT2D eigenvalue weighted by Gasteiger charge is 2.33. The summed E-state index contributed by atoms with van der Waals surface area (Å²) in [6.45, 7) is 7.17. The van der Waals surface area contributed by atoms with E-state index in [-0.39, 0.29) is 11.9 Å². The highest BCUT2D eigenvalue weighted by atomic mass is 16.5. The van der Waals surface area contributed by atoms with Crippen molar-refractivity contribution in [1.82, 2.24) is 20.3 Å². The molecule has 7 nitrogen and oxygen atoms in total. The van der Waals surface area contributed by atoms with E-state index in [1.807, 2.05) is 44.9 Å². The molecule has 122 valence electrons. The first-order chi connectivity index (χ1) is 11.0. The van der Waals surface area contributed by atoms with Crippen LogP contribution in [-0.4, -0.2) is 52.3 Å². The average molecular weight is 315 g/mol. The summed E-state index contributed by atoms with van der Waals surface area (Å²) in [5.41, 5.74) is 2.58. The van der Waals surface area contributed by atoms with Gasteiger partial charge < -0.3 is 14.3 Å². The SMILES string of the molecule is Cc1ccc(N2CC(N(C)C(=O)Cc3c(C)noc3C)C2)nn1. The van der Waals surface area contributed by atoms with Crippen LogP contribution in [0.5, 0.6) is 0 Å². The second-order valence-electron chi connectivity index (χ2n) is 6.08. The lowest BCUT2D eigenvalue weighted by atomic mass is 10.1. The Morgan fingerprint density at radius 3 is 2.61 bits per heavy atom. The van der Waals surface area contributed by atoms with Crippen molar-refractivity contribution in [2.45, 2.75) is 33.2 Å². The summed E-state index contributed by atoms with van der Waals surface area (Å²) in [6, 6.07) is 4.11. The van der Waals surface area contributed by atoms with E-state index in [1.54, 1.807) is 0 Å². The standard InChI is InChI=1S/C16H21N5O2/c1-10-5-6-15(18-17-10)21-8-13(9-21)20(4)16(22)7-14-11(2)19-23-12(14)3/h5-6,13H,7-9H2,1-4H3. The minimum Gasteiger partial charge on any atom is -0.361 e. The van der Waals surface area contributed by atoms with Gasteiger partial charge in [0, 0.05) is 25.7 Å². The van der Waals surface area contributed by atoms with Crippen molar-refractivity contribution in [3.63, 3.8) is 0 Å². The molecule has 1 aliphatic rings. The molecule has 0 bridgehead atoms. The Bertz CT molecular complexity index is 684. The fourth-order valence-electron chi connectivity index (χ4n) is 2.68. The molecular formula is C16H21N5O2. The van der Waals surface area contributed by atoms with Gasteiger partial charge in [0.2, 0.25) is 5.91 Å². The van der Waals surface area contributed by atoms with E-state index in [9.17, 15) is 4.79 Å². The first-order valence-electron chi connectivity index (χ1n) is 7.68. The van der Waals surface area contributed by atoms with Gasteiger partial charge in [-0.15, -0.1) is 5.10 Å². The minimum absolute atomic E-state index is 0.0824. The molecule has 1 aliphatic heterocycles. The lowest BCUT2D eigenvalue weighted by molar-refractivity contribution is -0.131. The van der Waals surface area contributed by atoms with E-state index in [1.165, 1.54) is 0 Å². The smallest absolute Gasteiger partial charge is 0.227 e. The molecule has 3 rings (SSSR count). The van der Waals surface area contributed by atoms with E-state index in [2.05, 4.69) is 20.3 Å². The van der Waals surface area contributed by atoms with Crippen LogP contribution in [0.2, 0.25) is 0 Å². The van der Waals surface area contributed by atoms with Gasteiger partial charge in [0.05, 0.1) is 23.9 Å². The first-order valence-corrected chi connectivity index (χ1v) is 7.68. The predicted octanol–water partition coefficient (Wildman–Crippen LogP) is 1.28. The van der Waals surface area contributed by atoms with E-state index in [0.29, 0.717) is 6.42 Å². The van der Waals surface area contributed by atoms with Crippen LogP contribution >= 0.6 is 0 Å². The molecule has 0 atom stereocenters. The second kappa shape index (κ2) is 5.98. The van der Waals surface area contributed by atoms with Crippen molar-refractivity contribution < 1.29 is 9.32 Å². The maximum Gasteiger partial charge on any atom is 0.227 e. The number of aryl methyl sites for hydroxylation is 3. The van der Waals surface area contributed by atoms with E-state index in [0.717, 1.165) is 41.6 Å². The molecule has 0 aromatic carbocycles. The predicted molar refractivity (Wildman–Crippen MR) is 85.2 cm³/mol. The Labute approximate surface area is 135 Å². The van der Waals surface area contributed by atoms with Crippen molar-refractivity contribution in [3.05, 3.63) is 34.8 Å². The van der Waals surface area contributed by atoms with Crippen LogP contribution in [0.15, 0.2) is 16.7 Å². The van der Waals surface area contributed by atoms with E-state index in [4.69, 9.17) is 4.52 Å². The number of rotatable bonds is 4. The zero-order valence-corrected chi connectivity index (χ0v) is 13.9. The van der Waals surface area contributed by atoms with Gasteiger partial charge in [-0.1, -0.05) is 5.16 Å². The fraction of sp³-hybridized carbons (Fsp3) is 0.500. The number of amides is 1. The summed E-state index contributed by atoms with van der Waals surface area (Å²) in [4.78, 5) is 16.4. The number of carbonyl (C=O) groups excluding carboxylic acids is 1. The summed E-state index contributed by atoms with van der Waals surface area (Å²) < 4.78 is 5.12. The number of nitrogens with zero attached hydrogens (tertiary/aromatic N) is 5. The highest BCUT2D eigenvalue weighted by molar-refractivity contribution is 5.79. The van der Waals surface area contributed by atoms with Gasteiger partial charge in [-0.25, -0.2) is 0 Å². The van der Waals surface area contributed by atoms with Crippen LogP contribution in [-0.2, 0) is 11.2 Å². The van der Waals surface area contributed by atoms with Gasteiger partial charge in [-0.3, -0.25) is 4.79 Å². The lowest BCUT2D eigenvalue weighted by Gasteiger charge is -2.44. The Kier molecular flexibility index (Phi) is 4.02. The number of hydrogen-bond acceptors (Lipinski definition) is 6. The highest BCUT2D eigenvalue weighted by Crippen LogP contribution is 2.22. The molecule has 0 aliphatic carbocycles. The molecule has 0 radical (unpaired) electrons. The molecule has 0 N–H and O–H groups in total. The third-order valence-electron chi connectivity index (χ3n) is 4.42. The second-order valence-corrected chi connectivity index (χ2v) is 6.08. The van der Waals surface area contributed by atoms with Crippen LogP contribution in [0.25, 0.3) is 0 Å². The summed E-state index contributed by atoms with van der Waals surface area (Å²) in [6.07, 6.45) is 0.332. The van der Waals surface area contributed by atoms with Crippen LogP contribution in [0.1, 0.15) is 22.7 Å². The van der Waals surface area contributed by atoms with Crippen molar-refractivity contribution in [1.29, 1.82) is 0 Å². The Hall–Kier alpha value is -2.44. The quantitative estimate of drug-likeness (QED) is 0.846. The third kappa shape index (κ3) is 3.04. The third-order valence-corrected chi connectivity index (χ3v) is 4.42. The fourth-order valence-corrected chi connectivity index (χ4v) is 2.68. The molecule has 1 saturated heterocycles. The lowest BCUT2D eigenvalue weighted by Crippen LogP contribution is -2.60. The van der Waals surface area contributed by atoms with Gasteiger partial charge in [0.1, 0.15) is 5.76 Å². The Balaban J connectivity index is 1.57. The van der Waals surface area contributed by atoms with Crippen LogP contribution in [0, 0.1) is 20.8 Å². The van der Waals surface area contributed by atoms with Crippen LogP contribution < -0.4 is 4.90 Å². The van der Waals surface area contributed by atoms with E-state index >= 15 is 0 Å². The number of aromatic nitrogens is 3. The van der Waals surface area contributed by atoms with Gasteiger partial charge in [-0.05, 0) is 32.9 Å². The number of anilines is 1. The van der Waals surface area contributed by atoms with Crippen molar-refractivity contribution >= 4 is 11.7 Å². The molecule has 0 saturated carbocycles. The molecule has 3 heterocycles. The van der Waals surface area contributed by atoms with Crippen LogP contribution in [0.3, 0.4) is 0 Å². The van der Waals surface area contributed by atoms with Crippen molar-refractivity contribution in [2.24, 2.45) is 0 Å². The topological polar surface area (TPSA) is 75.4 Å². The molecule has 23 heavy (non-hydrogen) atoms. The molecule has 7 heteroatoms. The summed E-state index contributed by atoms with van der Waals surface area (Å²) in [5.74, 6) is 1.66. The number of hydrogen-bond donors (Lipinski definition) is 0. The van der Waals surface area contributed by atoms with E-state index < -0.39 is 0 Å². The molecule has 0 spiro atoms. The van der Waals surface area contributed by atoms with Crippen LogP contribution in [0.4, 0.5) is 5.82 Å². The summed E-state index contributed by atoms with van der Waals surface area (Å²) >= 11 is 0. The number of carbonyl (C=O) groups is 1. The average Bonchev–Trinajstić information content (AvgIpc) is 2.79. The monoisotopic (exact) mass is 315 g/mol. The van der Waals surface area contributed by atoms with Gasteiger partial charge in [0.25, 0.3) is 0 Å². The Morgan fingerprint density at radius 1 is 1.30 bits per heavy atom. The van der Waals surface area contributed by atoms with Gasteiger partial charge in [-0.2, -0.15) is 5.10 Å². The van der Waals surface area contributed by atoms with Gasteiger partial charge >= 0.3 is 0 Å². The van der Waals surface area contributed by atoms with Crippen molar-refractivity contribution in [2.75, 3.05) is 25.0 Å². The molecule has 0 unspecified atom stereocenters. The molecular weight excluding hydrogens is 294 g/mol. The molecule has 1 fully saturated rings. The molecule has 2 aromatic heterocycles. The Morgan fingerprint density at radius 2 is 2.04 bits per heavy atom.